The van der Waals surface area contributed by atoms with Gasteiger partial charge in [0, 0.05) is 5.69 Å². The van der Waals surface area contributed by atoms with E-state index in [4.69, 9.17) is 0 Å². The fourth-order valence-corrected chi connectivity index (χ4v) is 3.52. The minimum atomic E-state index is -0.841. The van der Waals surface area contributed by atoms with Crippen molar-refractivity contribution in [1.82, 2.24) is 5.32 Å². The number of halogens is 1. The van der Waals surface area contributed by atoms with Gasteiger partial charge in [0.2, 0.25) is 11.8 Å². The number of nitrogens with one attached hydrogen (secondary N) is 3. The van der Waals surface area contributed by atoms with Crippen molar-refractivity contribution in [2.75, 3.05) is 34.1 Å². The van der Waals surface area contributed by atoms with Crippen molar-refractivity contribution in [2.45, 2.75) is 19.4 Å². The molecule has 0 fully saturated rings. The minimum Gasteiger partial charge on any atom is -0.326 e. The average molecular weight is 431 g/mol. The van der Waals surface area contributed by atoms with Crippen molar-refractivity contribution in [3.8, 4) is 0 Å². The molecular weight excluding hydrogens is 407 g/mol. The highest BCUT2D eigenvalue weighted by Crippen LogP contribution is 2.28. The summed E-state index contributed by atoms with van der Waals surface area (Å²) in [5.41, 5.74) is 1.87. The van der Waals surface area contributed by atoms with Gasteiger partial charge in [-0.15, -0.1) is 0 Å². The summed E-state index contributed by atoms with van der Waals surface area (Å²) in [6, 6.07) is 9.98. The van der Waals surface area contributed by atoms with Gasteiger partial charge in [-0.05, 0) is 55.2 Å². The molecule has 1 aliphatic rings. The lowest BCUT2D eigenvalue weighted by molar-refractivity contribution is -0.118. The van der Waals surface area contributed by atoms with Crippen molar-refractivity contribution in [3.05, 3.63) is 53.8 Å². The molecule has 30 heavy (non-hydrogen) atoms. The summed E-state index contributed by atoms with van der Waals surface area (Å²) in [5.74, 6) is -0.550. The second-order valence-electron chi connectivity index (χ2n) is 6.89. The van der Waals surface area contributed by atoms with Gasteiger partial charge in [-0.2, -0.15) is 11.8 Å². The van der Waals surface area contributed by atoms with Crippen LogP contribution in [-0.2, 0) is 9.59 Å². The van der Waals surface area contributed by atoms with Gasteiger partial charge >= 0.3 is 6.03 Å². The van der Waals surface area contributed by atoms with Crippen LogP contribution in [-0.4, -0.2) is 42.4 Å². The molecule has 1 atom stereocenters. The molecule has 0 radical (unpaired) electrons. The van der Waals surface area contributed by atoms with E-state index in [9.17, 15) is 18.8 Å². The second kappa shape index (κ2) is 9.62. The van der Waals surface area contributed by atoms with Gasteiger partial charge in [-0.25, -0.2) is 9.18 Å². The number of benzene rings is 2. The number of para-hydroxylation sites is 2. The topological polar surface area (TPSA) is 90.5 Å². The molecule has 9 heteroatoms. The molecule has 7 nitrogen and oxygen atoms in total. The molecule has 1 heterocycles. The van der Waals surface area contributed by atoms with Crippen molar-refractivity contribution in [2.24, 2.45) is 0 Å². The third-order valence-electron chi connectivity index (χ3n) is 4.68. The minimum absolute atomic E-state index is 0.150. The molecule has 0 saturated heterocycles. The van der Waals surface area contributed by atoms with Gasteiger partial charge < -0.3 is 16.0 Å². The van der Waals surface area contributed by atoms with E-state index in [1.54, 1.807) is 55.1 Å². The lowest BCUT2D eigenvalue weighted by Crippen LogP contribution is -2.53. The van der Waals surface area contributed by atoms with Crippen LogP contribution < -0.4 is 20.9 Å². The number of nitrogens with zero attached hydrogens (tertiary/aromatic N) is 1. The van der Waals surface area contributed by atoms with E-state index in [1.165, 1.54) is 11.0 Å². The van der Waals surface area contributed by atoms with E-state index in [-0.39, 0.29) is 12.5 Å². The highest BCUT2D eigenvalue weighted by Gasteiger charge is 2.29. The fraction of sp³-hybridized carbons (Fsp3) is 0.286. The summed E-state index contributed by atoms with van der Waals surface area (Å²) in [6.07, 6.45) is 2.28. The molecule has 3 rings (SSSR count). The molecule has 3 N–H and O–H groups in total. The predicted molar refractivity (Wildman–Crippen MR) is 118 cm³/mol. The van der Waals surface area contributed by atoms with Crippen molar-refractivity contribution in [3.63, 3.8) is 0 Å². The zero-order valence-electron chi connectivity index (χ0n) is 16.7. The number of thioether (sulfide) groups is 1. The number of carbonyl (C=O) groups excluding carboxylic acids is 3. The first-order chi connectivity index (χ1) is 14.4. The molecule has 0 aliphatic carbocycles. The van der Waals surface area contributed by atoms with E-state index in [1.807, 2.05) is 6.26 Å². The Balaban J connectivity index is 1.75. The van der Waals surface area contributed by atoms with Crippen LogP contribution in [0.15, 0.2) is 42.5 Å². The van der Waals surface area contributed by atoms with Crippen LogP contribution in [0.2, 0.25) is 0 Å². The number of anilines is 3. The molecule has 1 aliphatic heterocycles. The number of hydrogen-bond acceptors (Lipinski definition) is 4. The number of aryl methyl sites for hydroxylation is 1. The Labute approximate surface area is 178 Å². The van der Waals surface area contributed by atoms with Crippen LogP contribution in [0.4, 0.5) is 26.2 Å². The molecule has 4 amide bonds. The van der Waals surface area contributed by atoms with Gasteiger partial charge in [0.15, 0.2) is 0 Å². The Bertz CT molecular complexity index is 969. The number of amides is 4. The van der Waals surface area contributed by atoms with Crippen LogP contribution >= 0.6 is 11.8 Å². The molecule has 1 unspecified atom stereocenters. The molecule has 0 aromatic heterocycles. The van der Waals surface area contributed by atoms with Crippen LogP contribution in [0, 0.1) is 12.7 Å². The van der Waals surface area contributed by atoms with Gasteiger partial charge in [0.05, 0.1) is 11.4 Å². The van der Waals surface area contributed by atoms with Crippen molar-refractivity contribution >= 4 is 46.7 Å². The first kappa shape index (κ1) is 21.6. The van der Waals surface area contributed by atoms with E-state index >= 15 is 0 Å². The lowest BCUT2D eigenvalue weighted by atomic mass is 10.1. The highest BCUT2D eigenvalue weighted by atomic mass is 32.2. The van der Waals surface area contributed by atoms with Crippen LogP contribution in [0.3, 0.4) is 0 Å². The Hall–Kier alpha value is -3.07. The maximum Gasteiger partial charge on any atom is 0.323 e. The molecule has 158 valence electrons. The smallest absolute Gasteiger partial charge is 0.323 e. The van der Waals surface area contributed by atoms with Crippen LogP contribution in [0.1, 0.15) is 12.0 Å². The maximum absolute atomic E-state index is 13.8. The molecule has 0 spiro atoms. The zero-order valence-corrected chi connectivity index (χ0v) is 17.5. The normalized spacial score (nSPS) is 13.8. The Morgan fingerprint density at radius 1 is 1.27 bits per heavy atom. The number of hydrogen-bond donors (Lipinski definition) is 3. The number of urea groups is 1. The van der Waals surface area contributed by atoms with Gasteiger partial charge in [0.25, 0.3) is 0 Å². The Morgan fingerprint density at radius 2 is 2.03 bits per heavy atom. The number of fused-ring (bicyclic) bond motifs is 1. The van der Waals surface area contributed by atoms with Crippen molar-refractivity contribution < 1.29 is 18.8 Å². The molecule has 2 aromatic carbocycles. The quantitative estimate of drug-likeness (QED) is 0.656. The lowest BCUT2D eigenvalue weighted by Gasteiger charge is -2.30. The average Bonchev–Trinajstić information content (AvgIpc) is 2.72. The summed E-state index contributed by atoms with van der Waals surface area (Å²) in [4.78, 5) is 39.0. The van der Waals surface area contributed by atoms with Crippen LogP contribution in [0.25, 0.3) is 0 Å². The zero-order chi connectivity index (χ0) is 21.7. The van der Waals surface area contributed by atoms with E-state index in [0.717, 1.165) is 0 Å². The Kier molecular flexibility index (Phi) is 6.94. The van der Waals surface area contributed by atoms with E-state index < -0.39 is 23.8 Å². The fourth-order valence-electron chi connectivity index (χ4n) is 3.05. The SMILES string of the molecule is CSCCC(NC(=O)N1CC(=O)Nc2ccccc21)C(=O)Nc1ccc(C)c(F)c1. The monoisotopic (exact) mass is 430 g/mol. The second-order valence-corrected chi connectivity index (χ2v) is 7.87. The highest BCUT2D eigenvalue weighted by molar-refractivity contribution is 7.98. The van der Waals surface area contributed by atoms with Crippen molar-refractivity contribution in [1.29, 1.82) is 0 Å². The van der Waals surface area contributed by atoms with Gasteiger partial charge in [-0.1, -0.05) is 18.2 Å². The van der Waals surface area contributed by atoms with E-state index in [2.05, 4.69) is 16.0 Å². The first-order valence-electron chi connectivity index (χ1n) is 9.42. The summed E-state index contributed by atoms with van der Waals surface area (Å²) >= 11 is 1.54. The molecular formula is C21H23FN4O3S. The summed E-state index contributed by atoms with van der Waals surface area (Å²) < 4.78 is 13.8. The third-order valence-corrected chi connectivity index (χ3v) is 5.32. The van der Waals surface area contributed by atoms with Gasteiger partial charge in [-0.3, -0.25) is 14.5 Å². The molecule has 2 aromatic rings. The first-order valence-corrected chi connectivity index (χ1v) is 10.8. The van der Waals surface area contributed by atoms with Crippen LogP contribution in [0.5, 0.6) is 0 Å². The largest absolute Gasteiger partial charge is 0.326 e. The van der Waals surface area contributed by atoms with E-state index in [0.29, 0.717) is 34.8 Å². The summed E-state index contributed by atoms with van der Waals surface area (Å²) in [7, 11) is 0. The number of carbonyl (C=O) groups is 3. The predicted octanol–water partition coefficient (Wildman–Crippen LogP) is 3.36. The standard InChI is InChI=1S/C21H23FN4O3S/c1-13-7-8-14(11-15(13)22)23-20(28)17(9-10-30-2)25-21(29)26-12-19(27)24-16-5-3-4-6-18(16)26/h3-8,11,17H,9-10,12H2,1-2H3,(H,23,28)(H,24,27)(H,25,29). The summed E-state index contributed by atoms with van der Waals surface area (Å²) in [6.45, 7) is 1.48. The molecule has 0 saturated carbocycles. The third kappa shape index (κ3) is 5.10. The Morgan fingerprint density at radius 3 is 2.77 bits per heavy atom. The van der Waals surface area contributed by atoms with Gasteiger partial charge in [0.1, 0.15) is 18.4 Å². The summed E-state index contributed by atoms with van der Waals surface area (Å²) in [5, 5.41) is 8.09. The maximum atomic E-state index is 13.8. The molecule has 0 bridgehead atoms. The number of rotatable bonds is 6.